The van der Waals surface area contributed by atoms with Crippen LogP contribution in [-0.4, -0.2) is 4.40 Å². The van der Waals surface area contributed by atoms with Gasteiger partial charge in [-0.05, 0) is 46.5 Å². The maximum Gasteiger partial charge on any atom is 0.0635 e. The van der Waals surface area contributed by atoms with Crippen molar-refractivity contribution >= 4 is 112 Å². The molecule has 4 aromatic heterocycles. The van der Waals surface area contributed by atoms with E-state index in [0.717, 1.165) is 0 Å². The first-order chi connectivity index (χ1) is 19.4. The van der Waals surface area contributed by atoms with E-state index in [1.54, 1.807) is 0 Å². The molecule has 3 heteroatoms. The van der Waals surface area contributed by atoms with E-state index in [9.17, 15) is 0 Å². The number of thiophene rings is 2. The van der Waals surface area contributed by atoms with Gasteiger partial charge in [-0.1, -0.05) is 84.9 Å². The van der Waals surface area contributed by atoms with Crippen molar-refractivity contribution in [3.05, 3.63) is 115 Å². The lowest BCUT2D eigenvalue weighted by Crippen LogP contribution is -1.86. The van der Waals surface area contributed by atoms with E-state index < -0.39 is 0 Å². The second-order valence-corrected chi connectivity index (χ2v) is 12.6. The molecule has 0 aliphatic heterocycles. The molecule has 0 saturated heterocycles. The smallest absolute Gasteiger partial charge is 0.0635 e. The number of rotatable bonds is 0. The molecule has 1 nitrogen and oxygen atoms in total. The van der Waals surface area contributed by atoms with E-state index in [1.165, 1.54) is 89.2 Å². The minimum Gasteiger partial charge on any atom is -0.308 e. The predicted molar refractivity (Wildman–Crippen MR) is 173 cm³/mol. The van der Waals surface area contributed by atoms with E-state index in [4.69, 9.17) is 0 Å². The van der Waals surface area contributed by atoms with Crippen molar-refractivity contribution in [1.82, 2.24) is 4.40 Å². The molecule has 0 amide bonds. The molecule has 0 atom stereocenters. The highest BCUT2D eigenvalue weighted by Gasteiger charge is 2.21. The minimum absolute atomic E-state index is 1.24. The number of hydrogen-bond donors (Lipinski definition) is 0. The van der Waals surface area contributed by atoms with Crippen LogP contribution in [0.3, 0.4) is 0 Å². The maximum atomic E-state index is 2.57. The first kappa shape index (κ1) is 20.5. The lowest BCUT2D eigenvalue weighted by atomic mass is 10.0. The number of fused-ring (bicyclic) bond motifs is 12. The van der Waals surface area contributed by atoms with Crippen LogP contribution >= 0.6 is 22.7 Å². The third kappa shape index (κ3) is 2.46. The summed E-state index contributed by atoms with van der Waals surface area (Å²) in [6, 6.07) is 43.0. The molecular formula is C36H19NS2. The number of hydrogen-bond acceptors (Lipinski definition) is 2. The number of aromatic nitrogens is 1. The molecule has 0 fully saturated rings. The van der Waals surface area contributed by atoms with Gasteiger partial charge >= 0.3 is 0 Å². The molecule has 0 N–H and O–H groups in total. The van der Waals surface area contributed by atoms with Crippen molar-refractivity contribution in [2.24, 2.45) is 0 Å². The van der Waals surface area contributed by atoms with E-state index in [0.29, 0.717) is 0 Å². The standard InChI is InChI=1S/C36H19NS2/c1-2-9-21-20(8-1)22-10-3-5-13-27(22)37-28-18-16-25-23-11-4-6-14-29(23)39-36(25)32(28)26-17-19-31-34(35(26)37)33-24(21)12-7-15-30(33)38-31/h1-19H. The molecule has 0 spiro atoms. The molecule has 0 aliphatic carbocycles. The van der Waals surface area contributed by atoms with Gasteiger partial charge in [-0.3, -0.25) is 0 Å². The van der Waals surface area contributed by atoms with Crippen molar-refractivity contribution in [2.45, 2.75) is 0 Å². The molecule has 0 unspecified atom stereocenters. The summed E-state index contributed by atoms with van der Waals surface area (Å²) in [4.78, 5) is 0. The van der Waals surface area contributed by atoms with Gasteiger partial charge in [-0.25, -0.2) is 0 Å². The minimum atomic E-state index is 1.24. The zero-order valence-corrected chi connectivity index (χ0v) is 22.4. The first-order valence-electron chi connectivity index (χ1n) is 13.3. The Morgan fingerprint density at radius 2 is 1.03 bits per heavy atom. The molecule has 0 bridgehead atoms. The Balaban J connectivity index is 1.66. The van der Waals surface area contributed by atoms with Gasteiger partial charge in [0, 0.05) is 56.5 Å². The summed E-state index contributed by atoms with van der Waals surface area (Å²) in [5.74, 6) is 0. The van der Waals surface area contributed by atoms with Gasteiger partial charge in [0.15, 0.2) is 0 Å². The Kier molecular flexibility index (Phi) is 3.76. The normalized spacial score (nSPS) is 12.6. The van der Waals surface area contributed by atoms with E-state index in [-0.39, 0.29) is 0 Å². The monoisotopic (exact) mass is 529 g/mol. The summed E-state index contributed by atoms with van der Waals surface area (Å²) in [7, 11) is 0. The average Bonchev–Trinajstić information content (AvgIpc) is 3.66. The Morgan fingerprint density at radius 1 is 0.359 bits per heavy atom. The topological polar surface area (TPSA) is 4.41 Å². The van der Waals surface area contributed by atoms with Gasteiger partial charge in [-0.2, -0.15) is 0 Å². The van der Waals surface area contributed by atoms with Gasteiger partial charge in [0.25, 0.3) is 0 Å². The number of nitrogens with zero attached hydrogens (tertiary/aromatic N) is 1. The van der Waals surface area contributed by atoms with Crippen LogP contribution in [0.15, 0.2) is 115 Å². The Bertz CT molecular complexity index is 2650. The Hall–Kier alpha value is -4.44. The molecule has 39 heavy (non-hydrogen) atoms. The van der Waals surface area contributed by atoms with Crippen LogP contribution in [0.4, 0.5) is 0 Å². The number of benzene rings is 6. The average molecular weight is 530 g/mol. The second-order valence-electron chi connectivity index (χ2n) is 10.4. The largest absolute Gasteiger partial charge is 0.308 e. The third-order valence-corrected chi connectivity index (χ3v) is 10.9. The quantitative estimate of drug-likeness (QED) is 0.184. The van der Waals surface area contributed by atoms with Crippen LogP contribution in [0.5, 0.6) is 0 Å². The summed E-state index contributed by atoms with van der Waals surface area (Å²) >= 11 is 3.84. The summed E-state index contributed by atoms with van der Waals surface area (Å²) in [6.45, 7) is 0. The highest BCUT2D eigenvalue weighted by atomic mass is 32.1. The fourth-order valence-electron chi connectivity index (χ4n) is 7.00. The van der Waals surface area contributed by atoms with Crippen LogP contribution in [0.1, 0.15) is 0 Å². The highest BCUT2D eigenvalue weighted by Crippen LogP contribution is 2.48. The fraction of sp³-hybridized carbons (Fsp3) is 0. The van der Waals surface area contributed by atoms with Gasteiger partial charge < -0.3 is 4.40 Å². The summed E-state index contributed by atoms with van der Waals surface area (Å²) < 4.78 is 7.99. The first-order valence-corrected chi connectivity index (χ1v) is 14.9. The molecule has 0 saturated carbocycles. The summed E-state index contributed by atoms with van der Waals surface area (Å²) in [5, 5.41) is 13.3. The van der Waals surface area contributed by atoms with Crippen molar-refractivity contribution < 1.29 is 0 Å². The zero-order valence-electron chi connectivity index (χ0n) is 20.7. The third-order valence-electron chi connectivity index (χ3n) is 8.55. The summed E-state index contributed by atoms with van der Waals surface area (Å²) in [5.41, 5.74) is 3.84. The molecule has 0 aliphatic rings. The highest BCUT2D eigenvalue weighted by molar-refractivity contribution is 7.27. The van der Waals surface area contributed by atoms with Crippen molar-refractivity contribution in [2.75, 3.05) is 0 Å². The maximum absolute atomic E-state index is 2.57. The van der Waals surface area contributed by atoms with Gasteiger partial charge in [0.1, 0.15) is 0 Å². The molecule has 10 rings (SSSR count). The van der Waals surface area contributed by atoms with E-state index in [1.807, 2.05) is 22.7 Å². The molecule has 180 valence electrons. The van der Waals surface area contributed by atoms with Crippen molar-refractivity contribution in [1.29, 1.82) is 0 Å². The second kappa shape index (κ2) is 7.15. The Morgan fingerprint density at radius 3 is 1.92 bits per heavy atom. The van der Waals surface area contributed by atoms with E-state index in [2.05, 4.69) is 120 Å². The van der Waals surface area contributed by atoms with Crippen molar-refractivity contribution in [3.63, 3.8) is 0 Å². The fourth-order valence-corrected chi connectivity index (χ4v) is 9.39. The van der Waals surface area contributed by atoms with Gasteiger partial charge in [-0.15, -0.1) is 22.7 Å². The van der Waals surface area contributed by atoms with Crippen LogP contribution in [-0.2, 0) is 0 Å². The molecule has 10 aromatic rings. The number of para-hydroxylation sites is 1. The van der Waals surface area contributed by atoms with Gasteiger partial charge in [0.2, 0.25) is 0 Å². The predicted octanol–water partition coefficient (Wildman–Crippen LogP) is 11.3. The van der Waals surface area contributed by atoms with Gasteiger partial charge in [0.05, 0.1) is 16.6 Å². The van der Waals surface area contributed by atoms with E-state index >= 15 is 0 Å². The molecule has 0 radical (unpaired) electrons. The molecule has 4 heterocycles. The van der Waals surface area contributed by atoms with Crippen LogP contribution in [0.2, 0.25) is 0 Å². The van der Waals surface area contributed by atoms with Crippen molar-refractivity contribution in [3.8, 4) is 0 Å². The Labute approximate surface area is 230 Å². The lowest BCUT2D eigenvalue weighted by Gasteiger charge is -2.04. The molecular weight excluding hydrogens is 511 g/mol. The lowest BCUT2D eigenvalue weighted by molar-refractivity contribution is 1.36. The SMILES string of the molecule is c1ccc2c(c1)sc1c2ccc2c1c1ccc3sc4cccc5c6ccccc6c6ccccc6n2c1c3c45. The van der Waals surface area contributed by atoms with Crippen LogP contribution < -0.4 is 0 Å². The zero-order chi connectivity index (χ0) is 25.2. The van der Waals surface area contributed by atoms with Crippen LogP contribution in [0.25, 0.3) is 89.2 Å². The summed E-state index contributed by atoms with van der Waals surface area (Å²) in [6.07, 6.45) is 0. The van der Waals surface area contributed by atoms with Crippen LogP contribution in [0, 0.1) is 0 Å². The molecule has 6 aromatic carbocycles.